The summed E-state index contributed by atoms with van der Waals surface area (Å²) < 4.78 is 13.3. The second-order valence-electron chi connectivity index (χ2n) is 4.48. The summed E-state index contributed by atoms with van der Waals surface area (Å²) in [6.45, 7) is 7.44. The van der Waals surface area contributed by atoms with Gasteiger partial charge in [-0.2, -0.15) is 0 Å². The van der Waals surface area contributed by atoms with Gasteiger partial charge in [-0.15, -0.1) is 0 Å². The SMILES string of the molecule is CC1CCN(C(=O)C(C)(C)F)C1C. The van der Waals surface area contributed by atoms with Crippen LogP contribution in [0.5, 0.6) is 0 Å². The van der Waals surface area contributed by atoms with Crippen molar-refractivity contribution in [3.63, 3.8) is 0 Å². The van der Waals surface area contributed by atoms with Gasteiger partial charge in [0.05, 0.1) is 0 Å². The fourth-order valence-electron chi connectivity index (χ4n) is 1.72. The first-order valence-corrected chi connectivity index (χ1v) is 4.84. The number of hydrogen-bond acceptors (Lipinski definition) is 1. The van der Waals surface area contributed by atoms with Crippen LogP contribution in [0.1, 0.15) is 34.1 Å². The molecule has 0 bridgehead atoms. The van der Waals surface area contributed by atoms with E-state index < -0.39 is 5.67 Å². The molecule has 1 aliphatic heterocycles. The maximum Gasteiger partial charge on any atom is 0.259 e. The minimum absolute atomic E-state index is 0.183. The van der Waals surface area contributed by atoms with E-state index in [-0.39, 0.29) is 11.9 Å². The zero-order valence-corrected chi connectivity index (χ0v) is 8.80. The van der Waals surface area contributed by atoms with Crippen LogP contribution in [0.2, 0.25) is 0 Å². The van der Waals surface area contributed by atoms with Crippen molar-refractivity contribution in [1.29, 1.82) is 0 Å². The first kappa shape index (κ1) is 10.5. The molecule has 0 N–H and O–H groups in total. The molecular weight excluding hydrogens is 169 g/mol. The molecule has 3 heteroatoms. The van der Waals surface area contributed by atoms with Crippen LogP contribution in [0.25, 0.3) is 0 Å². The van der Waals surface area contributed by atoms with Gasteiger partial charge in [0.2, 0.25) is 0 Å². The Morgan fingerprint density at radius 2 is 2.00 bits per heavy atom. The van der Waals surface area contributed by atoms with Crippen LogP contribution in [0, 0.1) is 5.92 Å². The van der Waals surface area contributed by atoms with Gasteiger partial charge in [-0.1, -0.05) is 6.92 Å². The van der Waals surface area contributed by atoms with Gasteiger partial charge in [0, 0.05) is 12.6 Å². The van der Waals surface area contributed by atoms with E-state index in [9.17, 15) is 9.18 Å². The van der Waals surface area contributed by atoms with E-state index in [1.807, 2.05) is 6.92 Å². The van der Waals surface area contributed by atoms with E-state index in [1.54, 1.807) is 4.90 Å². The van der Waals surface area contributed by atoms with Crippen molar-refractivity contribution in [3.8, 4) is 0 Å². The van der Waals surface area contributed by atoms with E-state index in [2.05, 4.69) is 6.92 Å². The average molecular weight is 187 g/mol. The molecule has 2 unspecified atom stereocenters. The van der Waals surface area contributed by atoms with Crippen molar-refractivity contribution in [2.24, 2.45) is 5.92 Å². The molecular formula is C10H18FNO. The molecule has 0 aromatic carbocycles. The lowest BCUT2D eigenvalue weighted by Crippen LogP contribution is -2.44. The molecule has 13 heavy (non-hydrogen) atoms. The minimum atomic E-state index is -1.72. The van der Waals surface area contributed by atoms with Crippen molar-refractivity contribution in [1.82, 2.24) is 4.90 Å². The highest BCUT2D eigenvalue weighted by atomic mass is 19.1. The summed E-state index contributed by atoms with van der Waals surface area (Å²) >= 11 is 0. The topological polar surface area (TPSA) is 20.3 Å². The highest BCUT2D eigenvalue weighted by Crippen LogP contribution is 2.26. The summed E-state index contributed by atoms with van der Waals surface area (Å²) in [4.78, 5) is 13.2. The van der Waals surface area contributed by atoms with Gasteiger partial charge in [-0.25, -0.2) is 4.39 Å². The predicted molar refractivity (Wildman–Crippen MR) is 50.1 cm³/mol. The maximum absolute atomic E-state index is 13.3. The number of amides is 1. The minimum Gasteiger partial charge on any atom is -0.337 e. The van der Waals surface area contributed by atoms with Crippen LogP contribution < -0.4 is 0 Å². The Morgan fingerprint density at radius 3 is 2.31 bits per heavy atom. The quantitative estimate of drug-likeness (QED) is 0.614. The van der Waals surface area contributed by atoms with Crippen molar-refractivity contribution >= 4 is 5.91 Å². The van der Waals surface area contributed by atoms with Crippen LogP contribution in [-0.4, -0.2) is 29.1 Å². The number of carbonyl (C=O) groups excluding carboxylic acids is 1. The van der Waals surface area contributed by atoms with Gasteiger partial charge >= 0.3 is 0 Å². The summed E-state index contributed by atoms with van der Waals surface area (Å²) in [6, 6.07) is 0.183. The zero-order valence-electron chi connectivity index (χ0n) is 8.80. The highest BCUT2D eigenvalue weighted by molar-refractivity contribution is 5.84. The summed E-state index contributed by atoms with van der Waals surface area (Å²) in [5, 5.41) is 0. The number of carbonyl (C=O) groups is 1. The van der Waals surface area contributed by atoms with Crippen molar-refractivity contribution in [2.75, 3.05) is 6.54 Å². The maximum atomic E-state index is 13.3. The fraction of sp³-hybridized carbons (Fsp3) is 0.900. The molecule has 76 valence electrons. The molecule has 1 fully saturated rings. The lowest BCUT2D eigenvalue weighted by atomic mass is 10.0. The Morgan fingerprint density at radius 1 is 1.46 bits per heavy atom. The van der Waals surface area contributed by atoms with Gasteiger partial charge < -0.3 is 4.90 Å². The Balaban J connectivity index is 2.69. The van der Waals surface area contributed by atoms with Gasteiger partial charge in [0.1, 0.15) is 0 Å². The molecule has 0 aliphatic carbocycles. The Labute approximate surface area is 79.1 Å². The third kappa shape index (κ3) is 2.01. The molecule has 0 aromatic heterocycles. The van der Waals surface area contributed by atoms with Crippen molar-refractivity contribution in [2.45, 2.75) is 45.8 Å². The lowest BCUT2D eigenvalue weighted by Gasteiger charge is -2.27. The van der Waals surface area contributed by atoms with Crippen molar-refractivity contribution < 1.29 is 9.18 Å². The van der Waals surface area contributed by atoms with Gasteiger partial charge in [-0.3, -0.25) is 4.79 Å². The van der Waals surface area contributed by atoms with Gasteiger partial charge in [-0.05, 0) is 33.1 Å². The normalized spacial score (nSPS) is 29.5. The van der Waals surface area contributed by atoms with Crippen LogP contribution in [0.4, 0.5) is 4.39 Å². The fourth-order valence-corrected chi connectivity index (χ4v) is 1.72. The largest absolute Gasteiger partial charge is 0.337 e. The van der Waals surface area contributed by atoms with Gasteiger partial charge in [0.25, 0.3) is 5.91 Å². The number of likely N-dealkylation sites (tertiary alicyclic amines) is 1. The van der Waals surface area contributed by atoms with E-state index in [0.717, 1.165) is 6.42 Å². The second-order valence-corrected chi connectivity index (χ2v) is 4.48. The second kappa shape index (κ2) is 3.28. The van der Waals surface area contributed by atoms with Crippen LogP contribution in [-0.2, 0) is 4.79 Å². The first-order chi connectivity index (χ1) is 5.84. The molecule has 0 aromatic rings. The number of hydrogen-bond donors (Lipinski definition) is 0. The Bertz CT molecular complexity index is 209. The van der Waals surface area contributed by atoms with Crippen molar-refractivity contribution in [3.05, 3.63) is 0 Å². The zero-order chi connectivity index (χ0) is 10.2. The third-order valence-corrected chi connectivity index (χ3v) is 2.91. The predicted octanol–water partition coefficient (Wildman–Crippen LogP) is 1.99. The number of rotatable bonds is 1. The number of halogens is 1. The molecule has 0 radical (unpaired) electrons. The first-order valence-electron chi connectivity index (χ1n) is 4.84. The van der Waals surface area contributed by atoms with Crippen LogP contribution in [0.15, 0.2) is 0 Å². The lowest BCUT2D eigenvalue weighted by molar-refractivity contribution is -0.142. The molecule has 1 saturated heterocycles. The van der Waals surface area contributed by atoms with Crippen LogP contribution >= 0.6 is 0 Å². The molecule has 1 rings (SSSR count). The van der Waals surface area contributed by atoms with E-state index in [4.69, 9.17) is 0 Å². The summed E-state index contributed by atoms with van der Waals surface area (Å²) in [7, 11) is 0. The molecule has 1 aliphatic rings. The molecule has 2 atom stereocenters. The average Bonchev–Trinajstić information content (AvgIpc) is 2.30. The molecule has 0 saturated carbocycles. The van der Waals surface area contributed by atoms with E-state index in [0.29, 0.717) is 12.5 Å². The molecule has 1 amide bonds. The van der Waals surface area contributed by atoms with Gasteiger partial charge in [0.15, 0.2) is 5.67 Å². The Kier molecular flexibility index (Phi) is 2.64. The standard InChI is InChI=1S/C10H18FNO/c1-7-5-6-12(8(7)2)9(13)10(3,4)11/h7-8H,5-6H2,1-4H3. The van der Waals surface area contributed by atoms with E-state index in [1.165, 1.54) is 13.8 Å². The Hall–Kier alpha value is -0.600. The molecule has 1 heterocycles. The monoisotopic (exact) mass is 187 g/mol. The summed E-state index contributed by atoms with van der Waals surface area (Å²) in [5.41, 5.74) is -1.72. The summed E-state index contributed by atoms with van der Waals surface area (Å²) in [5.74, 6) is 0.121. The number of alkyl halides is 1. The summed E-state index contributed by atoms with van der Waals surface area (Å²) in [6.07, 6.45) is 0.989. The number of nitrogens with zero attached hydrogens (tertiary/aromatic N) is 1. The molecule has 2 nitrogen and oxygen atoms in total. The van der Waals surface area contributed by atoms with E-state index >= 15 is 0 Å². The molecule has 0 spiro atoms. The smallest absolute Gasteiger partial charge is 0.259 e. The highest BCUT2D eigenvalue weighted by Gasteiger charge is 2.38. The third-order valence-electron chi connectivity index (χ3n) is 2.91. The van der Waals surface area contributed by atoms with Crippen LogP contribution in [0.3, 0.4) is 0 Å².